The Balaban J connectivity index is 1.29. The number of carbonyl (C=O) groups is 1. The molecule has 20 nitrogen and oxygen atoms in total. The van der Waals surface area contributed by atoms with Gasteiger partial charge >= 0.3 is 11.8 Å². The molecule has 2 aromatic carbocycles. The van der Waals surface area contributed by atoms with Crippen LogP contribution in [0.5, 0.6) is 0 Å². The number of unbranched alkanes of at least 4 members (excludes halogenated alkanes) is 1. The van der Waals surface area contributed by atoms with Gasteiger partial charge in [-0.1, -0.05) is 73.5 Å². The summed E-state index contributed by atoms with van der Waals surface area (Å²) in [5.74, 6) is -1.40. The molecule has 1 unspecified atom stereocenters. The number of nitrogens with zero attached hydrogens (tertiary/aromatic N) is 7. The van der Waals surface area contributed by atoms with Crippen LogP contribution < -0.4 is 5.82 Å². The number of rotatable bonds is 19. The number of ether oxygens (including phenoxy) is 2. The number of hydrogen-bond donors (Lipinski definition) is 1. The van der Waals surface area contributed by atoms with E-state index in [2.05, 4.69) is 35.3 Å². The minimum atomic E-state index is -1.47. The Morgan fingerprint density at radius 3 is 2.41 bits per heavy atom. The Labute approximate surface area is 291 Å². The molecule has 0 saturated heterocycles. The molecule has 5 rings (SSSR count). The summed E-state index contributed by atoms with van der Waals surface area (Å²) < 4.78 is 22.3. The van der Waals surface area contributed by atoms with E-state index >= 15 is 0 Å². The van der Waals surface area contributed by atoms with Crippen molar-refractivity contribution < 1.29 is 43.0 Å². The lowest BCUT2D eigenvalue weighted by Gasteiger charge is -2.14. The molecule has 0 saturated carbocycles. The first-order valence-corrected chi connectivity index (χ1v) is 15.6. The van der Waals surface area contributed by atoms with Crippen LogP contribution in [0.2, 0.25) is 5.15 Å². The number of nitrogens with one attached hydrogen (secondary N) is 1. The van der Waals surface area contributed by atoms with Gasteiger partial charge in [0.2, 0.25) is 5.82 Å². The Morgan fingerprint density at radius 2 is 1.75 bits per heavy atom. The number of tetrazole rings is 1. The standard InChI is InChI=1S/C30H29ClN8O12/c1-2-3-8-25-32-27(31)26(37(25)13-18-9-11-19(12-10-18)21-6-4-5-7-22(21)28-33-35-36-34-28)29(40)47-17-24-23(49-30(41)50-24)16-46-14-20(51-39(44)45)15-48-38(42)43/h4-7,9-12,20H,2-3,8,13-17H2,1H3,(H,33,34,35,36). The van der Waals surface area contributed by atoms with Crippen LogP contribution in [0.3, 0.4) is 0 Å². The normalized spacial score (nSPS) is 11.6. The van der Waals surface area contributed by atoms with Crippen molar-refractivity contribution in [3.8, 4) is 22.5 Å². The zero-order valence-corrected chi connectivity index (χ0v) is 27.5. The first-order valence-electron chi connectivity index (χ1n) is 15.2. The monoisotopic (exact) mass is 728 g/mol. The van der Waals surface area contributed by atoms with Gasteiger partial charge in [-0.25, -0.2) is 14.6 Å². The zero-order chi connectivity index (χ0) is 36.3. The predicted octanol–water partition coefficient (Wildman–Crippen LogP) is 3.98. The van der Waals surface area contributed by atoms with Crippen LogP contribution in [-0.2, 0) is 45.3 Å². The lowest BCUT2D eigenvalue weighted by atomic mass is 9.98. The van der Waals surface area contributed by atoms with Crippen LogP contribution in [0.4, 0.5) is 0 Å². The van der Waals surface area contributed by atoms with Gasteiger partial charge in [-0.05, 0) is 28.3 Å². The molecule has 1 atom stereocenters. The number of H-pyrrole nitrogens is 1. The van der Waals surface area contributed by atoms with E-state index in [0.717, 1.165) is 35.1 Å². The number of hydrogen-bond acceptors (Lipinski definition) is 16. The van der Waals surface area contributed by atoms with Crippen LogP contribution in [0, 0.1) is 20.2 Å². The van der Waals surface area contributed by atoms with E-state index in [1.54, 1.807) is 4.57 Å². The second-order valence-electron chi connectivity index (χ2n) is 10.7. The predicted molar refractivity (Wildman–Crippen MR) is 171 cm³/mol. The van der Waals surface area contributed by atoms with E-state index in [9.17, 15) is 29.8 Å². The maximum Gasteiger partial charge on any atom is 0.519 e. The number of imidazole rings is 1. The maximum atomic E-state index is 13.5. The number of carbonyl (C=O) groups excluding carboxylic acids is 1. The Kier molecular flexibility index (Phi) is 12.0. The highest BCUT2D eigenvalue weighted by atomic mass is 35.5. The lowest BCUT2D eigenvalue weighted by Crippen LogP contribution is -2.29. The average Bonchev–Trinajstić information content (AvgIpc) is 3.84. The van der Waals surface area contributed by atoms with Gasteiger partial charge in [-0.15, -0.1) is 30.4 Å². The average molecular weight is 729 g/mol. The third-order valence-corrected chi connectivity index (χ3v) is 7.53. The summed E-state index contributed by atoms with van der Waals surface area (Å²) in [6, 6.07) is 15.3. The third kappa shape index (κ3) is 9.51. The van der Waals surface area contributed by atoms with Crippen molar-refractivity contribution in [3.05, 3.63) is 113 Å². The molecule has 21 heteroatoms. The summed E-state index contributed by atoms with van der Waals surface area (Å²) in [6.45, 7) is -0.200. The summed E-state index contributed by atoms with van der Waals surface area (Å²) in [5, 5.41) is 33.0. The van der Waals surface area contributed by atoms with Gasteiger partial charge in [-0.3, -0.25) is 0 Å². The highest BCUT2D eigenvalue weighted by molar-refractivity contribution is 6.32. The van der Waals surface area contributed by atoms with E-state index in [1.807, 2.05) is 55.5 Å². The molecule has 0 amide bonds. The fraction of sp³-hybridized carbons (Fsp3) is 0.333. The largest absolute Gasteiger partial charge is 0.519 e. The molecule has 3 aromatic heterocycles. The van der Waals surface area contributed by atoms with Gasteiger partial charge in [0.05, 0.1) is 6.61 Å². The van der Waals surface area contributed by atoms with Crippen LogP contribution >= 0.6 is 11.6 Å². The molecule has 0 aliphatic heterocycles. The highest BCUT2D eigenvalue weighted by Crippen LogP contribution is 2.30. The molecule has 3 heterocycles. The van der Waals surface area contributed by atoms with Gasteiger partial charge in [-0.2, -0.15) is 5.21 Å². The van der Waals surface area contributed by atoms with Crippen molar-refractivity contribution in [1.82, 2.24) is 30.2 Å². The Bertz CT molecular complexity index is 2010. The minimum absolute atomic E-state index is 0.0245. The van der Waals surface area contributed by atoms with Crippen molar-refractivity contribution in [2.45, 2.75) is 52.0 Å². The van der Waals surface area contributed by atoms with Crippen molar-refractivity contribution in [2.75, 3.05) is 13.2 Å². The number of halogens is 1. The number of aryl methyl sites for hydroxylation is 1. The van der Waals surface area contributed by atoms with Crippen LogP contribution in [0.25, 0.3) is 22.5 Å². The summed E-state index contributed by atoms with van der Waals surface area (Å²) in [7, 11) is 0. The fourth-order valence-electron chi connectivity index (χ4n) is 4.95. The summed E-state index contributed by atoms with van der Waals surface area (Å²) in [6.07, 6.45) is 0.706. The maximum absolute atomic E-state index is 13.5. The molecular weight excluding hydrogens is 700 g/mol. The number of benzene rings is 2. The first-order chi connectivity index (χ1) is 24.6. The van der Waals surface area contributed by atoms with Crippen molar-refractivity contribution in [1.29, 1.82) is 0 Å². The lowest BCUT2D eigenvalue weighted by molar-refractivity contribution is -0.790. The molecule has 0 spiro atoms. The number of aromatic amines is 1. The van der Waals surface area contributed by atoms with Gasteiger partial charge in [0.25, 0.3) is 10.2 Å². The van der Waals surface area contributed by atoms with E-state index < -0.39 is 54.5 Å². The quantitative estimate of drug-likeness (QED) is 0.0716. The molecule has 51 heavy (non-hydrogen) atoms. The molecule has 1 N–H and O–H groups in total. The second kappa shape index (κ2) is 17.0. The fourth-order valence-corrected chi connectivity index (χ4v) is 5.23. The minimum Gasteiger partial charge on any atom is -0.453 e. The van der Waals surface area contributed by atoms with Crippen LogP contribution in [0.15, 0.2) is 62.2 Å². The Hall–Kier alpha value is -6.15. The molecular formula is C30H29ClN8O12. The second-order valence-corrected chi connectivity index (χ2v) is 11.1. The highest BCUT2D eigenvalue weighted by Gasteiger charge is 2.26. The number of aromatic nitrogens is 6. The van der Waals surface area contributed by atoms with Gasteiger partial charge in [0, 0.05) is 18.5 Å². The summed E-state index contributed by atoms with van der Waals surface area (Å²) >= 11 is 6.48. The topological polar surface area (TPSA) is 256 Å². The van der Waals surface area contributed by atoms with Gasteiger partial charge in [0.1, 0.15) is 19.0 Å². The molecule has 268 valence electrons. The molecule has 0 fully saturated rings. The van der Waals surface area contributed by atoms with Gasteiger partial charge < -0.3 is 32.6 Å². The summed E-state index contributed by atoms with van der Waals surface area (Å²) in [4.78, 5) is 59.3. The summed E-state index contributed by atoms with van der Waals surface area (Å²) in [5.41, 5.74) is 3.41. The molecule has 0 aliphatic carbocycles. The van der Waals surface area contributed by atoms with Crippen molar-refractivity contribution >= 4 is 17.6 Å². The number of esters is 1. The van der Waals surface area contributed by atoms with E-state index in [0.29, 0.717) is 18.1 Å². The third-order valence-electron chi connectivity index (χ3n) is 7.27. The van der Waals surface area contributed by atoms with Crippen LogP contribution in [0.1, 0.15) is 53.2 Å². The molecule has 5 aromatic rings. The Morgan fingerprint density at radius 1 is 1.02 bits per heavy atom. The van der Waals surface area contributed by atoms with Crippen molar-refractivity contribution in [2.24, 2.45) is 0 Å². The molecule has 0 radical (unpaired) electrons. The van der Waals surface area contributed by atoms with E-state index in [-0.39, 0.29) is 28.9 Å². The molecule has 0 bridgehead atoms. The smallest absolute Gasteiger partial charge is 0.453 e. The van der Waals surface area contributed by atoms with E-state index in [4.69, 9.17) is 29.9 Å². The van der Waals surface area contributed by atoms with E-state index in [1.165, 1.54) is 0 Å². The first kappa shape index (κ1) is 36.1. The SMILES string of the molecule is CCCCc1nc(Cl)c(C(=O)OCc2oc(=O)oc2COCC(CO[N+](=O)[O-])O[N+](=O)[O-])n1Cc1ccc(-c2ccccc2-c2nn[nH]n2)cc1. The van der Waals surface area contributed by atoms with Gasteiger partial charge in [0.15, 0.2) is 35.1 Å². The molecule has 0 aliphatic rings. The van der Waals surface area contributed by atoms with Crippen molar-refractivity contribution in [3.63, 3.8) is 0 Å². The van der Waals surface area contributed by atoms with Crippen LogP contribution in [-0.4, -0.2) is 65.6 Å². The zero-order valence-electron chi connectivity index (χ0n) is 26.8.